The molecule has 0 aromatic carbocycles. The number of aliphatic hydroxyl groups excluding tert-OH is 1. The van der Waals surface area contributed by atoms with Gasteiger partial charge in [0.1, 0.15) is 5.82 Å². The Morgan fingerprint density at radius 2 is 1.83 bits per heavy atom. The summed E-state index contributed by atoms with van der Waals surface area (Å²) in [6, 6.07) is 0.502. The van der Waals surface area contributed by atoms with Gasteiger partial charge >= 0.3 is 0 Å². The zero-order valence-corrected chi connectivity index (χ0v) is 11.9. The van der Waals surface area contributed by atoms with Crippen LogP contribution >= 0.6 is 0 Å². The minimum absolute atomic E-state index is 0.0531. The van der Waals surface area contributed by atoms with E-state index in [1.807, 2.05) is 0 Å². The largest absolute Gasteiger partial charge is 0.390 e. The van der Waals surface area contributed by atoms with Crippen molar-refractivity contribution in [3.8, 4) is 0 Å². The van der Waals surface area contributed by atoms with Crippen LogP contribution in [0.25, 0.3) is 0 Å². The van der Waals surface area contributed by atoms with Gasteiger partial charge in [-0.2, -0.15) is 0 Å². The van der Waals surface area contributed by atoms with E-state index in [4.69, 9.17) is 5.11 Å². The number of hydrogen-bond donors (Lipinski definition) is 1. The third-order valence-electron chi connectivity index (χ3n) is 3.09. The summed E-state index contributed by atoms with van der Waals surface area (Å²) in [6.07, 6.45) is 5.64. The number of nitrogens with zero attached hydrogens (tertiary/aromatic N) is 3. The predicted molar refractivity (Wildman–Crippen MR) is 74.5 cm³/mol. The molecule has 0 aliphatic carbocycles. The van der Waals surface area contributed by atoms with Crippen LogP contribution in [0.2, 0.25) is 0 Å². The van der Waals surface area contributed by atoms with Crippen LogP contribution in [0.5, 0.6) is 0 Å². The lowest BCUT2D eigenvalue weighted by molar-refractivity contribution is 0.276. The van der Waals surface area contributed by atoms with Crippen LogP contribution in [-0.2, 0) is 6.61 Å². The van der Waals surface area contributed by atoms with Gasteiger partial charge in [0.2, 0.25) is 0 Å². The third-order valence-corrected chi connectivity index (χ3v) is 3.09. The summed E-state index contributed by atoms with van der Waals surface area (Å²) >= 11 is 0. The summed E-state index contributed by atoms with van der Waals surface area (Å²) in [4.78, 5) is 11.0. The summed E-state index contributed by atoms with van der Waals surface area (Å²) in [6.45, 7) is 9.77. The first-order valence-corrected chi connectivity index (χ1v) is 6.80. The van der Waals surface area contributed by atoms with E-state index in [-0.39, 0.29) is 6.61 Å². The Morgan fingerprint density at radius 1 is 1.17 bits per heavy atom. The minimum atomic E-state index is -0.0531. The van der Waals surface area contributed by atoms with Gasteiger partial charge in [0.15, 0.2) is 0 Å². The van der Waals surface area contributed by atoms with Crippen LogP contribution < -0.4 is 4.90 Å². The van der Waals surface area contributed by atoms with Crippen LogP contribution in [0.4, 0.5) is 5.82 Å². The average molecular weight is 251 g/mol. The highest BCUT2D eigenvalue weighted by Crippen LogP contribution is 2.19. The summed E-state index contributed by atoms with van der Waals surface area (Å²) in [5.74, 6) is 1.50. The molecule has 0 atom stereocenters. The highest BCUT2D eigenvalue weighted by Gasteiger charge is 2.18. The van der Waals surface area contributed by atoms with E-state index in [1.165, 1.54) is 0 Å². The van der Waals surface area contributed by atoms with Gasteiger partial charge in [0.05, 0.1) is 24.7 Å². The fraction of sp³-hybridized carbons (Fsp3) is 0.714. The van der Waals surface area contributed by atoms with Crippen molar-refractivity contribution in [2.75, 3.05) is 11.4 Å². The predicted octanol–water partition coefficient (Wildman–Crippen LogP) is 2.62. The molecule has 0 amide bonds. The van der Waals surface area contributed by atoms with Gasteiger partial charge in [-0.05, 0) is 18.8 Å². The Kier molecular flexibility index (Phi) is 6.05. The lowest BCUT2D eigenvalue weighted by Gasteiger charge is -2.32. The molecular weight excluding hydrogens is 226 g/mol. The quantitative estimate of drug-likeness (QED) is 0.809. The molecule has 0 saturated heterocycles. The molecule has 0 radical (unpaired) electrons. The first-order chi connectivity index (χ1) is 8.62. The van der Waals surface area contributed by atoms with E-state index in [2.05, 4.69) is 42.6 Å². The van der Waals surface area contributed by atoms with Crippen LogP contribution in [0.1, 0.15) is 46.2 Å². The standard InChI is InChI=1S/C14H25N3O/c1-5-13(6-2)17(9-11(3)4)14-8-15-12(10-18)7-16-14/h7-8,11,13,18H,5-6,9-10H2,1-4H3. The zero-order chi connectivity index (χ0) is 13.5. The molecule has 18 heavy (non-hydrogen) atoms. The second kappa shape index (κ2) is 7.31. The van der Waals surface area contributed by atoms with Gasteiger partial charge in [-0.1, -0.05) is 27.7 Å². The maximum atomic E-state index is 9.00. The van der Waals surface area contributed by atoms with Gasteiger partial charge < -0.3 is 10.0 Å². The first kappa shape index (κ1) is 14.9. The first-order valence-electron chi connectivity index (χ1n) is 6.80. The van der Waals surface area contributed by atoms with Crippen molar-refractivity contribution in [3.05, 3.63) is 18.1 Å². The Balaban J connectivity index is 2.92. The average Bonchev–Trinajstić information content (AvgIpc) is 2.38. The van der Waals surface area contributed by atoms with Crippen molar-refractivity contribution in [1.82, 2.24) is 9.97 Å². The van der Waals surface area contributed by atoms with E-state index in [0.717, 1.165) is 25.2 Å². The van der Waals surface area contributed by atoms with Gasteiger partial charge in [0, 0.05) is 12.6 Å². The number of rotatable bonds is 7. The van der Waals surface area contributed by atoms with E-state index in [9.17, 15) is 0 Å². The summed E-state index contributed by atoms with van der Waals surface area (Å²) in [5.41, 5.74) is 0.618. The maximum absolute atomic E-state index is 9.00. The molecule has 102 valence electrons. The van der Waals surface area contributed by atoms with Crippen molar-refractivity contribution < 1.29 is 5.11 Å². The van der Waals surface area contributed by atoms with E-state index < -0.39 is 0 Å². The van der Waals surface area contributed by atoms with Gasteiger partial charge in [-0.25, -0.2) is 4.98 Å². The van der Waals surface area contributed by atoms with Crippen molar-refractivity contribution in [3.63, 3.8) is 0 Å². The second-order valence-electron chi connectivity index (χ2n) is 5.04. The lowest BCUT2D eigenvalue weighted by atomic mass is 10.1. The normalized spacial score (nSPS) is 11.3. The number of anilines is 1. The molecule has 4 heteroatoms. The van der Waals surface area contributed by atoms with Crippen LogP contribution in [0, 0.1) is 5.92 Å². The van der Waals surface area contributed by atoms with Gasteiger partial charge in [-0.15, -0.1) is 0 Å². The molecule has 1 aromatic heterocycles. The van der Waals surface area contributed by atoms with Crippen LogP contribution in [0.15, 0.2) is 12.4 Å². The highest BCUT2D eigenvalue weighted by atomic mass is 16.3. The van der Waals surface area contributed by atoms with Crippen molar-refractivity contribution in [1.29, 1.82) is 0 Å². The van der Waals surface area contributed by atoms with E-state index in [1.54, 1.807) is 12.4 Å². The molecule has 1 aromatic rings. The van der Waals surface area contributed by atoms with Crippen LogP contribution in [-0.4, -0.2) is 27.7 Å². The molecule has 0 aliphatic rings. The summed E-state index contributed by atoms with van der Waals surface area (Å²) in [5, 5.41) is 9.00. The Bertz CT molecular complexity index is 333. The fourth-order valence-electron chi connectivity index (χ4n) is 2.13. The third kappa shape index (κ3) is 3.95. The monoisotopic (exact) mass is 251 g/mol. The molecule has 0 fully saturated rings. The molecule has 0 spiro atoms. The van der Waals surface area contributed by atoms with Crippen molar-refractivity contribution in [2.24, 2.45) is 5.92 Å². The zero-order valence-electron chi connectivity index (χ0n) is 11.9. The van der Waals surface area contributed by atoms with Gasteiger partial charge in [-0.3, -0.25) is 4.98 Å². The molecule has 0 saturated carbocycles. The summed E-state index contributed by atoms with van der Waals surface area (Å²) < 4.78 is 0. The van der Waals surface area contributed by atoms with Gasteiger partial charge in [0.25, 0.3) is 0 Å². The van der Waals surface area contributed by atoms with E-state index >= 15 is 0 Å². The molecule has 4 nitrogen and oxygen atoms in total. The Morgan fingerprint density at radius 3 is 2.22 bits per heavy atom. The number of aromatic nitrogens is 2. The molecule has 1 heterocycles. The number of hydrogen-bond acceptors (Lipinski definition) is 4. The SMILES string of the molecule is CCC(CC)N(CC(C)C)c1cnc(CO)cn1. The van der Waals surface area contributed by atoms with Crippen molar-refractivity contribution in [2.45, 2.75) is 53.2 Å². The molecule has 0 aliphatic heterocycles. The lowest BCUT2D eigenvalue weighted by Crippen LogP contribution is -2.38. The summed E-state index contributed by atoms with van der Waals surface area (Å²) in [7, 11) is 0. The smallest absolute Gasteiger partial charge is 0.147 e. The molecular formula is C14H25N3O. The maximum Gasteiger partial charge on any atom is 0.147 e. The topological polar surface area (TPSA) is 49.2 Å². The fourth-order valence-corrected chi connectivity index (χ4v) is 2.13. The molecule has 0 unspecified atom stereocenters. The van der Waals surface area contributed by atoms with Crippen molar-refractivity contribution >= 4 is 5.82 Å². The molecule has 0 bridgehead atoms. The molecule has 1 rings (SSSR count). The Hall–Kier alpha value is -1.16. The van der Waals surface area contributed by atoms with Crippen LogP contribution in [0.3, 0.4) is 0 Å². The minimum Gasteiger partial charge on any atom is -0.390 e. The molecule has 1 N–H and O–H groups in total. The Labute approximate surface area is 110 Å². The van der Waals surface area contributed by atoms with E-state index in [0.29, 0.717) is 17.7 Å². The number of aliphatic hydroxyl groups is 1. The highest BCUT2D eigenvalue weighted by molar-refractivity contribution is 5.37. The second-order valence-corrected chi connectivity index (χ2v) is 5.04.